The molecule has 0 amide bonds. The maximum Gasteiger partial charge on any atom is 0.306 e. The molecule has 4 aromatic rings. The Morgan fingerprint density at radius 3 is 2.70 bits per heavy atom. The molecule has 2 aromatic carbocycles. The van der Waals surface area contributed by atoms with Crippen LogP contribution in [0.15, 0.2) is 53.7 Å². The van der Waals surface area contributed by atoms with Gasteiger partial charge in [-0.2, -0.15) is 4.31 Å². The summed E-state index contributed by atoms with van der Waals surface area (Å²) in [5, 5.41) is 8.53. The lowest BCUT2D eigenvalue weighted by molar-refractivity contribution is -0.143. The predicted molar refractivity (Wildman–Crippen MR) is 157 cm³/mol. The summed E-state index contributed by atoms with van der Waals surface area (Å²) >= 11 is 0. The van der Waals surface area contributed by atoms with E-state index in [4.69, 9.17) is 4.74 Å². The van der Waals surface area contributed by atoms with Crippen LogP contribution in [0.5, 0.6) is 0 Å². The molecule has 0 fully saturated rings. The van der Waals surface area contributed by atoms with E-state index in [9.17, 15) is 13.9 Å². The first kappa shape index (κ1) is 28.0. The summed E-state index contributed by atoms with van der Waals surface area (Å²) < 4.78 is 31.7. The van der Waals surface area contributed by atoms with Crippen molar-refractivity contribution in [3.05, 3.63) is 76.6 Å². The second kappa shape index (κ2) is 11.2. The van der Waals surface area contributed by atoms with E-state index >= 15 is 0 Å². The number of ether oxygens (including phenoxy) is 1. The number of aromatic nitrogens is 4. The van der Waals surface area contributed by atoms with Gasteiger partial charge in [0, 0.05) is 45.8 Å². The summed E-state index contributed by atoms with van der Waals surface area (Å²) in [7, 11) is 0.532. The highest BCUT2D eigenvalue weighted by molar-refractivity contribution is 8.22. The number of carbonyl (C=O) groups is 1. The lowest BCUT2D eigenvalue weighted by Crippen LogP contribution is -2.31. The van der Waals surface area contributed by atoms with Crippen LogP contribution in [0, 0.1) is 13.8 Å². The maximum atomic E-state index is 12.8. The molecule has 2 N–H and O–H groups in total. The summed E-state index contributed by atoms with van der Waals surface area (Å²) in [4.78, 5) is 19.4. The van der Waals surface area contributed by atoms with Crippen molar-refractivity contribution in [3.8, 4) is 0 Å². The van der Waals surface area contributed by atoms with Crippen molar-refractivity contribution in [3.63, 3.8) is 0 Å². The summed E-state index contributed by atoms with van der Waals surface area (Å²) in [6, 6.07) is 12.0. The van der Waals surface area contributed by atoms with Crippen LogP contribution < -0.4 is 4.90 Å². The molecule has 11 heteroatoms. The number of esters is 1. The van der Waals surface area contributed by atoms with Crippen LogP contribution >= 0.6 is 10.8 Å². The van der Waals surface area contributed by atoms with E-state index in [0.29, 0.717) is 31.1 Å². The number of nitrogens with zero attached hydrogens (tertiary/aromatic N) is 6. The summed E-state index contributed by atoms with van der Waals surface area (Å²) in [5.74, 6) is -0.549. The molecule has 1 aliphatic heterocycles. The molecule has 0 spiro atoms. The van der Waals surface area contributed by atoms with Crippen molar-refractivity contribution >= 4 is 33.5 Å². The van der Waals surface area contributed by atoms with Crippen molar-refractivity contribution in [1.82, 2.24) is 24.3 Å². The fraction of sp³-hybridized carbons (Fsp3) is 0.379. The standard InChI is InChI=1S/C29H36N6O4S/c1-6-39-28(36)16-24(23-9-10-26-29(20(23)3)31-32-34(26)5)21-8-7-19(2)22(15-21)18-35-14-13-33(4)25-11-12-30-17-27(25)40(35,37)38/h7-12,15,17,24,37-38H,6,13-14,16,18H2,1-5H3. The van der Waals surface area contributed by atoms with E-state index in [1.807, 2.05) is 63.2 Å². The van der Waals surface area contributed by atoms with Gasteiger partial charge < -0.3 is 9.64 Å². The monoisotopic (exact) mass is 564 g/mol. The van der Waals surface area contributed by atoms with E-state index in [-0.39, 0.29) is 18.3 Å². The normalized spacial score (nSPS) is 16.8. The van der Waals surface area contributed by atoms with E-state index in [1.54, 1.807) is 28.3 Å². The van der Waals surface area contributed by atoms with Crippen molar-refractivity contribution < 1.29 is 18.6 Å². The smallest absolute Gasteiger partial charge is 0.306 e. The highest BCUT2D eigenvalue weighted by atomic mass is 32.3. The molecular weight excluding hydrogens is 528 g/mol. The largest absolute Gasteiger partial charge is 0.466 e. The van der Waals surface area contributed by atoms with Crippen molar-refractivity contribution in [1.29, 1.82) is 0 Å². The topological polar surface area (TPSA) is 117 Å². The Balaban J connectivity index is 1.54. The average Bonchev–Trinajstić information content (AvgIpc) is 3.28. The number of carbonyl (C=O) groups excluding carboxylic acids is 1. The maximum absolute atomic E-state index is 12.8. The number of likely N-dealkylation sites (N-methyl/N-ethyl adjacent to an activating group) is 1. The first-order valence-corrected chi connectivity index (χ1v) is 14.8. The Hall–Kier alpha value is -3.51. The Labute approximate surface area is 236 Å². The molecular formula is C29H36N6O4S. The van der Waals surface area contributed by atoms with Crippen molar-refractivity contribution in [2.45, 2.75) is 44.6 Å². The number of pyridine rings is 1. The third-order valence-corrected chi connectivity index (χ3v) is 9.70. The van der Waals surface area contributed by atoms with E-state index in [2.05, 4.69) is 21.4 Å². The molecule has 1 unspecified atom stereocenters. The van der Waals surface area contributed by atoms with Gasteiger partial charge in [-0.05, 0) is 60.7 Å². The zero-order chi connectivity index (χ0) is 28.6. The number of benzene rings is 2. The number of anilines is 1. The van der Waals surface area contributed by atoms with E-state index in [1.165, 1.54) is 0 Å². The van der Waals surface area contributed by atoms with E-state index < -0.39 is 10.8 Å². The minimum atomic E-state index is -3.27. The lowest BCUT2D eigenvalue weighted by Gasteiger charge is -2.41. The number of aryl methyl sites for hydroxylation is 3. The number of rotatable bonds is 7. The number of hydrogen-bond donors (Lipinski definition) is 2. The second-order valence-electron chi connectivity index (χ2n) is 10.3. The van der Waals surface area contributed by atoms with Crippen LogP contribution in [0.2, 0.25) is 0 Å². The zero-order valence-corrected chi connectivity index (χ0v) is 24.4. The van der Waals surface area contributed by atoms with Gasteiger partial charge in [0.2, 0.25) is 0 Å². The molecule has 0 saturated carbocycles. The molecule has 0 bridgehead atoms. The second-order valence-corrected chi connectivity index (χ2v) is 12.2. The van der Waals surface area contributed by atoms with Crippen LogP contribution in [0.4, 0.5) is 5.69 Å². The summed E-state index contributed by atoms with van der Waals surface area (Å²) in [6.45, 7) is 7.57. The van der Waals surface area contributed by atoms with Gasteiger partial charge >= 0.3 is 5.97 Å². The predicted octanol–water partition coefficient (Wildman–Crippen LogP) is 5.04. The van der Waals surface area contributed by atoms with Gasteiger partial charge in [-0.3, -0.25) is 18.9 Å². The summed E-state index contributed by atoms with van der Waals surface area (Å²) in [6.07, 6.45) is 3.38. The lowest BCUT2D eigenvalue weighted by atomic mass is 9.84. The molecule has 10 nitrogen and oxygen atoms in total. The van der Waals surface area contributed by atoms with Gasteiger partial charge in [0.15, 0.2) is 0 Å². The van der Waals surface area contributed by atoms with Crippen LogP contribution in [0.3, 0.4) is 0 Å². The minimum Gasteiger partial charge on any atom is -0.466 e. The van der Waals surface area contributed by atoms with Crippen LogP contribution in [0.25, 0.3) is 11.0 Å². The molecule has 1 aliphatic rings. The Morgan fingerprint density at radius 2 is 1.93 bits per heavy atom. The number of fused-ring (bicyclic) bond motifs is 2. The quantitative estimate of drug-likeness (QED) is 0.298. The molecule has 212 valence electrons. The third kappa shape index (κ3) is 5.17. The van der Waals surface area contributed by atoms with Crippen LogP contribution in [0.1, 0.15) is 47.1 Å². The third-order valence-electron chi connectivity index (χ3n) is 7.77. The molecule has 3 heterocycles. The molecule has 0 aliphatic carbocycles. The van der Waals surface area contributed by atoms with E-state index in [0.717, 1.165) is 44.5 Å². The molecule has 1 atom stereocenters. The average molecular weight is 565 g/mol. The van der Waals surface area contributed by atoms with Gasteiger partial charge in [-0.25, -0.2) is 4.68 Å². The van der Waals surface area contributed by atoms with Gasteiger partial charge in [-0.15, -0.1) is 15.9 Å². The Bertz CT molecular complexity index is 1560. The molecule has 2 aromatic heterocycles. The van der Waals surface area contributed by atoms with Gasteiger partial charge in [0.25, 0.3) is 0 Å². The zero-order valence-electron chi connectivity index (χ0n) is 23.5. The van der Waals surface area contributed by atoms with Gasteiger partial charge in [-0.1, -0.05) is 29.5 Å². The summed E-state index contributed by atoms with van der Waals surface area (Å²) in [5.41, 5.74) is 7.38. The SMILES string of the molecule is CCOC(=O)CC(c1ccc(C)c(CN2CCN(C)c3ccncc3S2(O)O)c1)c1ccc2c(nnn2C)c1C. The minimum absolute atomic E-state index is 0.172. The van der Waals surface area contributed by atoms with Crippen LogP contribution in [-0.2, 0) is 23.1 Å². The first-order chi connectivity index (χ1) is 19.1. The van der Waals surface area contributed by atoms with Gasteiger partial charge in [0.05, 0.1) is 30.4 Å². The number of hydrogen-bond acceptors (Lipinski definition) is 9. The molecule has 5 rings (SSSR count). The van der Waals surface area contributed by atoms with Crippen LogP contribution in [-0.4, -0.2) is 66.1 Å². The van der Waals surface area contributed by atoms with Gasteiger partial charge in [0.1, 0.15) is 10.4 Å². The fourth-order valence-electron chi connectivity index (χ4n) is 5.41. The van der Waals surface area contributed by atoms with Crippen molar-refractivity contribution in [2.75, 3.05) is 31.6 Å². The fourth-order valence-corrected chi connectivity index (χ4v) is 7.05. The Kier molecular flexibility index (Phi) is 7.83. The molecule has 40 heavy (non-hydrogen) atoms. The highest BCUT2D eigenvalue weighted by Crippen LogP contribution is 2.56. The molecule has 0 radical (unpaired) electrons. The first-order valence-electron chi connectivity index (χ1n) is 13.3. The Morgan fingerprint density at radius 1 is 1.12 bits per heavy atom. The molecule has 0 saturated heterocycles. The highest BCUT2D eigenvalue weighted by Gasteiger charge is 2.33. The van der Waals surface area contributed by atoms with Crippen molar-refractivity contribution in [2.24, 2.45) is 7.05 Å².